The molecule has 0 saturated heterocycles. The topological polar surface area (TPSA) is 98.3 Å². The van der Waals surface area contributed by atoms with Crippen LogP contribution < -0.4 is 11.1 Å². The molecule has 1 amide bonds. The highest BCUT2D eigenvalue weighted by Crippen LogP contribution is 2.23. The van der Waals surface area contributed by atoms with E-state index in [9.17, 15) is 14.9 Å². The van der Waals surface area contributed by atoms with Gasteiger partial charge in [0.1, 0.15) is 5.56 Å². The standard InChI is InChI=1S/C13H18BrN3O3/c1-2-3-4-10(8-15)16-13(18)11-6-5-9(14)7-12(11)17(19)20/h5-7,10H,2-4,8,15H2,1H3,(H,16,18). The summed E-state index contributed by atoms with van der Waals surface area (Å²) < 4.78 is 0.558. The minimum absolute atomic E-state index is 0.0492. The third-order valence-electron chi connectivity index (χ3n) is 2.93. The molecule has 1 aromatic carbocycles. The van der Waals surface area contributed by atoms with Gasteiger partial charge in [0.15, 0.2) is 0 Å². The van der Waals surface area contributed by atoms with Crippen LogP contribution in [0.2, 0.25) is 0 Å². The van der Waals surface area contributed by atoms with Gasteiger partial charge in [0, 0.05) is 23.1 Å². The van der Waals surface area contributed by atoms with Gasteiger partial charge in [-0.3, -0.25) is 14.9 Å². The van der Waals surface area contributed by atoms with Gasteiger partial charge in [0.2, 0.25) is 0 Å². The van der Waals surface area contributed by atoms with Gasteiger partial charge in [-0.15, -0.1) is 0 Å². The summed E-state index contributed by atoms with van der Waals surface area (Å²) in [4.78, 5) is 22.5. The van der Waals surface area contributed by atoms with Gasteiger partial charge >= 0.3 is 0 Å². The summed E-state index contributed by atoms with van der Waals surface area (Å²) in [6, 6.07) is 4.19. The lowest BCUT2D eigenvalue weighted by Gasteiger charge is -2.16. The fourth-order valence-electron chi connectivity index (χ4n) is 1.81. The van der Waals surface area contributed by atoms with Crippen molar-refractivity contribution in [3.05, 3.63) is 38.3 Å². The first-order valence-corrected chi connectivity index (χ1v) is 7.23. The van der Waals surface area contributed by atoms with Crippen molar-refractivity contribution in [1.82, 2.24) is 5.32 Å². The Morgan fingerprint density at radius 2 is 2.25 bits per heavy atom. The van der Waals surface area contributed by atoms with Crippen molar-refractivity contribution in [2.75, 3.05) is 6.54 Å². The molecule has 7 heteroatoms. The predicted octanol–water partition coefficient (Wildman–Crippen LogP) is 2.60. The van der Waals surface area contributed by atoms with E-state index in [4.69, 9.17) is 5.73 Å². The fourth-order valence-corrected chi connectivity index (χ4v) is 2.16. The maximum atomic E-state index is 12.1. The van der Waals surface area contributed by atoms with Crippen LogP contribution in [0.1, 0.15) is 36.5 Å². The maximum absolute atomic E-state index is 12.1. The first-order valence-electron chi connectivity index (χ1n) is 6.44. The van der Waals surface area contributed by atoms with Gasteiger partial charge in [-0.2, -0.15) is 0 Å². The number of amides is 1. The summed E-state index contributed by atoms with van der Waals surface area (Å²) in [7, 11) is 0. The summed E-state index contributed by atoms with van der Waals surface area (Å²) in [6.45, 7) is 2.37. The smallest absolute Gasteiger partial charge is 0.283 e. The molecule has 0 aliphatic rings. The van der Waals surface area contributed by atoms with Crippen molar-refractivity contribution in [1.29, 1.82) is 0 Å². The molecule has 0 radical (unpaired) electrons. The number of unbranched alkanes of at least 4 members (excludes halogenated alkanes) is 1. The first-order chi connectivity index (χ1) is 9.49. The van der Waals surface area contributed by atoms with E-state index >= 15 is 0 Å². The Morgan fingerprint density at radius 1 is 1.55 bits per heavy atom. The number of benzene rings is 1. The van der Waals surface area contributed by atoms with E-state index in [1.165, 1.54) is 12.1 Å². The minimum atomic E-state index is -0.566. The lowest BCUT2D eigenvalue weighted by molar-refractivity contribution is -0.385. The number of nitrogens with one attached hydrogen (secondary N) is 1. The molecule has 20 heavy (non-hydrogen) atoms. The van der Waals surface area contributed by atoms with Crippen LogP contribution >= 0.6 is 15.9 Å². The summed E-state index contributed by atoms with van der Waals surface area (Å²) in [5.74, 6) is -0.462. The highest BCUT2D eigenvalue weighted by molar-refractivity contribution is 9.10. The molecule has 1 atom stereocenters. The second kappa shape index (κ2) is 7.96. The molecule has 3 N–H and O–H groups in total. The summed E-state index contributed by atoms with van der Waals surface area (Å²) in [5, 5.41) is 13.7. The van der Waals surface area contributed by atoms with Gasteiger partial charge in [-0.25, -0.2) is 0 Å². The van der Waals surface area contributed by atoms with Crippen LogP contribution in [0.4, 0.5) is 5.69 Å². The van der Waals surface area contributed by atoms with E-state index in [1.807, 2.05) is 0 Å². The van der Waals surface area contributed by atoms with E-state index in [0.717, 1.165) is 19.3 Å². The highest BCUT2D eigenvalue weighted by Gasteiger charge is 2.22. The Morgan fingerprint density at radius 3 is 2.80 bits per heavy atom. The number of hydrogen-bond donors (Lipinski definition) is 2. The Kier molecular flexibility index (Phi) is 6.60. The van der Waals surface area contributed by atoms with Crippen LogP contribution in [0, 0.1) is 10.1 Å². The van der Waals surface area contributed by atoms with Gasteiger partial charge in [-0.05, 0) is 18.6 Å². The molecular weight excluding hydrogens is 326 g/mol. The lowest BCUT2D eigenvalue weighted by atomic mass is 10.1. The molecule has 110 valence electrons. The average Bonchev–Trinajstić information content (AvgIpc) is 2.42. The minimum Gasteiger partial charge on any atom is -0.348 e. The van der Waals surface area contributed by atoms with Gasteiger partial charge in [0.05, 0.1) is 4.92 Å². The zero-order valence-corrected chi connectivity index (χ0v) is 12.9. The number of nitrogens with zero attached hydrogens (tertiary/aromatic N) is 1. The zero-order chi connectivity index (χ0) is 15.1. The Bertz CT molecular complexity index is 494. The molecule has 6 nitrogen and oxygen atoms in total. The van der Waals surface area contributed by atoms with E-state index in [-0.39, 0.29) is 17.3 Å². The normalized spacial score (nSPS) is 11.9. The second-order valence-electron chi connectivity index (χ2n) is 4.47. The SMILES string of the molecule is CCCCC(CN)NC(=O)c1ccc(Br)cc1[N+](=O)[O-]. The number of nitrogens with two attached hydrogens (primary N) is 1. The van der Waals surface area contributed by atoms with E-state index in [1.54, 1.807) is 6.07 Å². The molecule has 1 rings (SSSR count). The fraction of sp³-hybridized carbons (Fsp3) is 0.462. The molecule has 0 bridgehead atoms. The monoisotopic (exact) mass is 343 g/mol. The van der Waals surface area contributed by atoms with Gasteiger partial charge in [0.25, 0.3) is 11.6 Å². The third kappa shape index (κ3) is 4.57. The quantitative estimate of drug-likeness (QED) is 0.587. The van der Waals surface area contributed by atoms with Crippen LogP contribution in [0.5, 0.6) is 0 Å². The van der Waals surface area contributed by atoms with E-state index in [2.05, 4.69) is 28.2 Å². The lowest BCUT2D eigenvalue weighted by Crippen LogP contribution is -2.40. The van der Waals surface area contributed by atoms with E-state index in [0.29, 0.717) is 11.0 Å². The molecule has 0 fully saturated rings. The Labute approximate surface area is 126 Å². The van der Waals surface area contributed by atoms with Crippen LogP contribution in [0.15, 0.2) is 22.7 Å². The molecule has 0 saturated carbocycles. The maximum Gasteiger partial charge on any atom is 0.283 e. The average molecular weight is 344 g/mol. The van der Waals surface area contributed by atoms with Crippen molar-refractivity contribution in [2.24, 2.45) is 5.73 Å². The number of nitro benzene ring substituents is 1. The van der Waals surface area contributed by atoms with Crippen molar-refractivity contribution in [3.63, 3.8) is 0 Å². The second-order valence-corrected chi connectivity index (χ2v) is 5.38. The molecule has 0 spiro atoms. The number of carbonyl (C=O) groups is 1. The van der Waals surface area contributed by atoms with Crippen LogP contribution in [-0.4, -0.2) is 23.4 Å². The largest absolute Gasteiger partial charge is 0.348 e. The van der Waals surface area contributed by atoms with Crippen LogP contribution in [0.3, 0.4) is 0 Å². The first kappa shape index (κ1) is 16.6. The molecule has 0 aromatic heterocycles. The summed E-state index contributed by atoms with van der Waals surface area (Å²) in [6.07, 6.45) is 2.72. The van der Waals surface area contributed by atoms with Crippen molar-refractivity contribution < 1.29 is 9.72 Å². The Hall–Kier alpha value is -1.47. The molecule has 0 aliphatic heterocycles. The highest BCUT2D eigenvalue weighted by atomic mass is 79.9. The Balaban J connectivity index is 2.88. The molecule has 0 aliphatic carbocycles. The zero-order valence-electron chi connectivity index (χ0n) is 11.3. The molecule has 1 aromatic rings. The summed E-state index contributed by atoms with van der Waals surface area (Å²) in [5.41, 5.74) is 5.44. The molecule has 0 heterocycles. The third-order valence-corrected chi connectivity index (χ3v) is 3.42. The number of halogens is 1. The van der Waals surface area contributed by atoms with Gasteiger partial charge < -0.3 is 11.1 Å². The molecule has 1 unspecified atom stereocenters. The van der Waals surface area contributed by atoms with Crippen LogP contribution in [0.25, 0.3) is 0 Å². The van der Waals surface area contributed by atoms with Crippen molar-refractivity contribution in [2.45, 2.75) is 32.2 Å². The molecular formula is C13H18BrN3O3. The number of rotatable bonds is 7. The van der Waals surface area contributed by atoms with Crippen molar-refractivity contribution >= 4 is 27.5 Å². The number of hydrogen-bond acceptors (Lipinski definition) is 4. The van der Waals surface area contributed by atoms with Crippen LogP contribution in [-0.2, 0) is 0 Å². The number of carbonyl (C=O) groups excluding carboxylic acids is 1. The number of nitro groups is 1. The van der Waals surface area contributed by atoms with Crippen molar-refractivity contribution in [3.8, 4) is 0 Å². The predicted molar refractivity (Wildman–Crippen MR) is 80.6 cm³/mol. The van der Waals surface area contributed by atoms with Gasteiger partial charge in [-0.1, -0.05) is 35.7 Å². The van der Waals surface area contributed by atoms with E-state index < -0.39 is 10.8 Å². The summed E-state index contributed by atoms with van der Waals surface area (Å²) >= 11 is 3.16.